The highest BCUT2D eigenvalue weighted by atomic mass is 32.2. The van der Waals surface area contributed by atoms with Gasteiger partial charge in [-0.05, 0) is 44.3 Å². The van der Waals surface area contributed by atoms with Gasteiger partial charge in [-0.2, -0.15) is 11.8 Å². The summed E-state index contributed by atoms with van der Waals surface area (Å²) < 4.78 is 26.9. The molecule has 0 bridgehead atoms. The third kappa shape index (κ3) is 5.44. The van der Waals surface area contributed by atoms with Crippen LogP contribution in [0.15, 0.2) is 29.2 Å². The summed E-state index contributed by atoms with van der Waals surface area (Å²) in [5, 5.41) is 3.21. The highest BCUT2D eigenvalue weighted by Crippen LogP contribution is 2.20. The average molecular weight is 316 g/mol. The molecule has 0 aliphatic heterocycles. The number of sulfonamides is 1. The van der Waals surface area contributed by atoms with Crippen LogP contribution in [0.25, 0.3) is 0 Å². The van der Waals surface area contributed by atoms with Gasteiger partial charge >= 0.3 is 0 Å². The van der Waals surface area contributed by atoms with E-state index < -0.39 is 10.0 Å². The van der Waals surface area contributed by atoms with E-state index in [4.69, 9.17) is 0 Å². The average Bonchev–Trinajstić information content (AvgIpc) is 2.44. The van der Waals surface area contributed by atoms with E-state index >= 15 is 0 Å². The molecule has 20 heavy (non-hydrogen) atoms. The highest BCUT2D eigenvalue weighted by molar-refractivity contribution is 8.00. The van der Waals surface area contributed by atoms with Gasteiger partial charge in [0.25, 0.3) is 0 Å². The molecule has 2 N–H and O–H groups in total. The Morgan fingerprint density at radius 1 is 1.20 bits per heavy atom. The van der Waals surface area contributed by atoms with Gasteiger partial charge in [-0.3, -0.25) is 0 Å². The standard InChI is InChI=1S/C14H24N2O2S2/c1-5-15-10-12-6-8-13(9-7-12)20(17,18)16-11-14(2,3)19-4/h6-9,15-16H,5,10-11H2,1-4H3. The van der Waals surface area contributed by atoms with Crippen LogP contribution in [0, 0.1) is 0 Å². The smallest absolute Gasteiger partial charge is 0.240 e. The summed E-state index contributed by atoms with van der Waals surface area (Å²) in [5.74, 6) is 0. The molecule has 0 amide bonds. The maximum absolute atomic E-state index is 12.2. The van der Waals surface area contributed by atoms with E-state index in [1.165, 1.54) is 0 Å². The number of rotatable bonds is 8. The number of thioether (sulfide) groups is 1. The molecule has 0 aromatic heterocycles. The van der Waals surface area contributed by atoms with Crippen molar-refractivity contribution in [1.82, 2.24) is 10.0 Å². The van der Waals surface area contributed by atoms with E-state index in [2.05, 4.69) is 10.0 Å². The van der Waals surface area contributed by atoms with Gasteiger partial charge in [0.1, 0.15) is 0 Å². The van der Waals surface area contributed by atoms with Crippen LogP contribution in [0.5, 0.6) is 0 Å². The number of nitrogens with one attached hydrogen (secondary N) is 2. The predicted octanol–water partition coefficient (Wildman–Crippen LogP) is 2.22. The van der Waals surface area contributed by atoms with Crippen LogP contribution < -0.4 is 10.0 Å². The van der Waals surface area contributed by atoms with E-state index in [9.17, 15) is 8.42 Å². The van der Waals surface area contributed by atoms with Crippen LogP contribution >= 0.6 is 11.8 Å². The van der Waals surface area contributed by atoms with Gasteiger partial charge in [0.2, 0.25) is 10.0 Å². The molecule has 1 aromatic carbocycles. The van der Waals surface area contributed by atoms with Gasteiger partial charge in [-0.15, -0.1) is 0 Å². The maximum Gasteiger partial charge on any atom is 0.240 e. The summed E-state index contributed by atoms with van der Waals surface area (Å²) >= 11 is 1.64. The molecule has 114 valence electrons. The van der Waals surface area contributed by atoms with Gasteiger partial charge < -0.3 is 5.32 Å². The first-order chi connectivity index (χ1) is 9.30. The van der Waals surface area contributed by atoms with Gasteiger partial charge in [0, 0.05) is 17.8 Å². The monoisotopic (exact) mass is 316 g/mol. The van der Waals surface area contributed by atoms with Crippen molar-refractivity contribution in [2.45, 2.75) is 37.0 Å². The summed E-state index contributed by atoms with van der Waals surface area (Å²) in [7, 11) is -3.42. The van der Waals surface area contributed by atoms with Crippen molar-refractivity contribution in [2.24, 2.45) is 0 Å². The van der Waals surface area contributed by atoms with Crippen molar-refractivity contribution < 1.29 is 8.42 Å². The molecule has 0 heterocycles. The Hall–Kier alpha value is -0.560. The third-order valence-electron chi connectivity index (χ3n) is 3.05. The molecular weight excluding hydrogens is 292 g/mol. The zero-order valence-electron chi connectivity index (χ0n) is 12.6. The maximum atomic E-state index is 12.2. The van der Waals surface area contributed by atoms with E-state index in [-0.39, 0.29) is 4.75 Å². The highest BCUT2D eigenvalue weighted by Gasteiger charge is 2.21. The summed E-state index contributed by atoms with van der Waals surface area (Å²) in [4.78, 5) is 0.314. The molecule has 0 aliphatic rings. The Morgan fingerprint density at radius 2 is 1.80 bits per heavy atom. The van der Waals surface area contributed by atoms with E-state index in [1.54, 1.807) is 23.9 Å². The molecule has 0 fully saturated rings. The van der Waals surface area contributed by atoms with Crippen molar-refractivity contribution in [2.75, 3.05) is 19.3 Å². The van der Waals surface area contributed by atoms with Crippen LogP contribution in [-0.2, 0) is 16.6 Å². The van der Waals surface area contributed by atoms with Crippen molar-refractivity contribution in [3.8, 4) is 0 Å². The minimum Gasteiger partial charge on any atom is -0.313 e. The molecule has 0 radical (unpaired) electrons. The fourth-order valence-corrected chi connectivity index (χ4v) is 3.00. The van der Waals surface area contributed by atoms with E-state index in [0.29, 0.717) is 11.4 Å². The van der Waals surface area contributed by atoms with Crippen molar-refractivity contribution >= 4 is 21.8 Å². The second kappa shape index (κ2) is 7.45. The van der Waals surface area contributed by atoms with Crippen molar-refractivity contribution in [3.63, 3.8) is 0 Å². The minimum atomic E-state index is -3.42. The molecule has 0 atom stereocenters. The molecule has 0 unspecified atom stereocenters. The number of benzene rings is 1. The zero-order valence-corrected chi connectivity index (χ0v) is 14.2. The molecule has 0 saturated heterocycles. The van der Waals surface area contributed by atoms with Gasteiger partial charge in [0.05, 0.1) is 4.90 Å². The second-order valence-corrected chi connectivity index (χ2v) is 8.49. The quantitative estimate of drug-likeness (QED) is 0.772. The largest absolute Gasteiger partial charge is 0.313 e. The Labute approximate surface area is 126 Å². The molecule has 6 heteroatoms. The van der Waals surface area contributed by atoms with E-state index in [1.807, 2.05) is 39.2 Å². The van der Waals surface area contributed by atoms with Crippen LogP contribution in [0.1, 0.15) is 26.3 Å². The topological polar surface area (TPSA) is 58.2 Å². The van der Waals surface area contributed by atoms with Crippen molar-refractivity contribution in [3.05, 3.63) is 29.8 Å². The van der Waals surface area contributed by atoms with Gasteiger partial charge in [-0.1, -0.05) is 19.1 Å². The molecule has 0 saturated carbocycles. The fourth-order valence-electron chi connectivity index (χ4n) is 1.48. The first-order valence-corrected chi connectivity index (χ1v) is 9.36. The van der Waals surface area contributed by atoms with Crippen LogP contribution in [-0.4, -0.2) is 32.5 Å². The lowest BCUT2D eigenvalue weighted by molar-refractivity contribution is 0.570. The summed E-state index contributed by atoms with van der Waals surface area (Å²) in [5.41, 5.74) is 1.08. The van der Waals surface area contributed by atoms with Gasteiger partial charge in [-0.25, -0.2) is 13.1 Å². The van der Waals surface area contributed by atoms with Crippen LogP contribution in [0.2, 0.25) is 0 Å². The first-order valence-electron chi connectivity index (χ1n) is 6.65. The summed E-state index contributed by atoms with van der Waals surface area (Å²) in [6.45, 7) is 8.13. The number of hydrogen-bond acceptors (Lipinski definition) is 4. The molecule has 1 rings (SSSR count). The Morgan fingerprint density at radius 3 is 2.30 bits per heavy atom. The van der Waals surface area contributed by atoms with Crippen molar-refractivity contribution in [1.29, 1.82) is 0 Å². The van der Waals surface area contributed by atoms with Gasteiger partial charge in [0.15, 0.2) is 0 Å². The molecule has 0 aliphatic carbocycles. The summed E-state index contributed by atoms with van der Waals surface area (Å²) in [6.07, 6.45) is 1.98. The SMILES string of the molecule is CCNCc1ccc(S(=O)(=O)NCC(C)(C)SC)cc1. The molecular formula is C14H24N2O2S2. The first kappa shape index (κ1) is 17.5. The molecule has 4 nitrogen and oxygen atoms in total. The Balaban J connectivity index is 2.73. The summed E-state index contributed by atoms with van der Waals surface area (Å²) in [6, 6.07) is 7.00. The lowest BCUT2D eigenvalue weighted by Crippen LogP contribution is -2.36. The molecule has 1 aromatic rings. The lowest BCUT2D eigenvalue weighted by Gasteiger charge is -2.22. The Kier molecular flexibility index (Phi) is 6.51. The third-order valence-corrected chi connectivity index (χ3v) is 5.72. The Bertz CT molecular complexity index is 510. The lowest BCUT2D eigenvalue weighted by atomic mass is 10.2. The predicted molar refractivity (Wildman–Crippen MR) is 86.6 cm³/mol. The normalized spacial score (nSPS) is 12.6. The van der Waals surface area contributed by atoms with E-state index in [0.717, 1.165) is 18.7 Å². The van der Waals surface area contributed by atoms with Crippen LogP contribution in [0.3, 0.4) is 0 Å². The molecule has 0 spiro atoms. The zero-order chi connectivity index (χ0) is 15.2. The number of hydrogen-bond donors (Lipinski definition) is 2. The second-order valence-electron chi connectivity index (χ2n) is 5.21. The fraction of sp³-hybridized carbons (Fsp3) is 0.571. The van der Waals surface area contributed by atoms with Crippen LogP contribution in [0.4, 0.5) is 0 Å². The minimum absolute atomic E-state index is 0.113.